The highest BCUT2D eigenvalue weighted by Gasteiger charge is 2.47. The number of rotatable bonds is 3. The van der Waals surface area contributed by atoms with Crippen LogP contribution < -0.4 is 24.8 Å². The summed E-state index contributed by atoms with van der Waals surface area (Å²) in [5, 5.41) is 5.31. The number of fused-ring (bicyclic) bond motifs is 2. The number of hydrogen-bond acceptors (Lipinski definition) is 6. The van der Waals surface area contributed by atoms with Crippen LogP contribution in [0.1, 0.15) is 12.5 Å². The zero-order chi connectivity index (χ0) is 17.4. The third-order valence-corrected chi connectivity index (χ3v) is 4.07. The number of nitrogens with zero attached hydrogens (tertiary/aromatic N) is 1. The molecule has 4 rings (SSSR count). The SMILES string of the molecule is CC1(C(=O)NCc2ccc3c(c2)OCO3)Oc2cccnc2NC1=O. The summed E-state index contributed by atoms with van der Waals surface area (Å²) in [5.41, 5.74) is -0.855. The Kier molecular flexibility index (Phi) is 3.45. The van der Waals surface area contributed by atoms with Crippen molar-refractivity contribution in [3.8, 4) is 17.2 Å². The normalized spacial score (nSPS) is 20.3. The van der Waals surface area contributed by atoms with E-state index in [1.54, 1.807) is 24.3 Å². The fourth-order valence-electron chi connectivity index (χ4n) is 2.61. The first kappa shape index (κ1) is 15.3. The second-order valence-electron chi connectivity index (χ2n) is 5.81. The number of hydrogen-bond donors (Lipinski definition) is 2. The molecule has 1 aromatic heterocycles. The Balaban J connectivity index is 1.48. The van der Waals surface area contributed by atoms with Gasteiger partial charge in [0.15, 0.2) is 23.1 Å². The summed E-state index contributed by atoms with van der Waals surface area (Å²) in [4.78, 5) is 28.9. The third kappa shape index (κ3) is 2.61. The van der Waals surface area contributed by atoms with Crippen molar-refractivity contribution in [2.75, 3.05) is 12.1 Å². The van der Waals surface area contributed by atoms with Crippen LogP contribution in [0, 0.1) is 0 Å². The minimum atomic E-state index is -1.67. The molecule has 2 N–H and O–H groups in total. The summed E-state index contributed by atoms with van der Waals surface area (Å²) in [5.74, 6) is 0.834. The van der Waals surface area contributed by atoms with Crippen LogP contribution in [-0.4, -0.2) is 29.2 Å². The van der Waals surface area contributed by atoms with Crippen molar-refractivity contribution in [3.05, 3.63) is 42.1 Å². The van der Waals surface area contributed by atoms with Gasteiger partial charge in [-0.2, -0.15) is 0 Å². The molecular formula is C17H15N3O5. The fraction of sp³-hybridized carbons (Fsp3) is 0.235. The molecule has 0 saturated heterocycles. The van der Waals surface area contributed by atoms with Gasteiger partial charge >= 0.3 is 0 Å². The molecule has 25 heavy (non-hydrogen) atoms. The summed E-state index contributed by atoms with van der Waals surface area (Å²) in [6.07, 6.45) is 1.53. The number of carbonyl (C=O) groups is 2. The predicted octanol–water partition coefficient (Wildman–Crippen LogP) is 1.22. The standard InChI is InChI=1S/C17H15N3O5/c1-17(16(22)20-14-12(25-17)3-2-6-18-14)15(21)19-8-10-4-5-11-13(7-10)24-9-23-11/h2-7H,8-9H2,1H3,(H,19,21)(H,18,20,22). The molecule has 2 aliphatic heterocycles. The molecular weight excluding hydrogens is 326 g/mol. The average molecular weight is 341 g/mol. The Labute approximate surface area is 143 Å². The first-order valence-corrected chi connectivity index (χ1v) is 7.68. The maximum atomic E-state index is 12.6. The molecule has 1 unspecified atom stereocenters. The number of carbonyl (C=O) groups excluding carboxylic acids is 2. The van der Waals surface area contributed by atoms with Gasteiger partial charge in [-0.15, -0.1) is 0 Å². The van der Waals surface area contributed by atoms with Crippen LogP contribution in [0.3, 0.4) is 0 Å². The highest BCUT2D eigenvalue weighted by molar-refractivity contribution is 6.15. The first-order valence-electron chi connectivity index (χ1n) is 7.68. The quantitative estimate of drug-likeness (QED) is 0.815. The molecule has 1 aromatic carbocycles. The number of nitrogens with one attached hydrogen (secondary N) is 2. The van der Waals surface area contributed by atoms with E-state index in [0.29, 0.717) is 23.1 Å². The molecule has 2 amide bonds. The van der Waals surface area contributed by atoms with Crippen molar-refractivity contribution in [2.45, 2.75) is 19.1 Å². The number of aromatic nitrogens is 1. The smallest absolute Gasteiger partial charge is 0.279 e. The molecule has 0 fully saturated rings. The van der Waals surface area contributed by atoms with Gasteiger partial charge in [0.25, 0.3) is 17.4 Å². The topological polar surface area (TPSA) is 98.8 Å². The van der Waals surface area contributed by atoms with Gasteiger partial charge in [0.1, 0.15) is 0 Å². The Hall–Kier alpha value is -3.29. The van der Waals surface area contributed by atoms with E-state index >= 15 is 0 Å². The lowest BCUT2D eigenvalue weighted by Gasteiger charge is -2.32. The Morgan fingerprint density at radius 3 is 3.00 bits per heavy atom. The van der Waals surface area contributed by atoms with Crippen LogP contribution in [0.5, 0.6) is 17.2 Å². The fourth-order valence-corrected chi connectivity index (χ4v) is 2.61. The number of benzene rings is 1. The van der Waals surface area contributed by atoms with E-state index in [4.69, 9.17) is 14.2 Å². The van der Waals surface area contributed by atoms with Gasteiger partial charge in [0.05, 0.1) is 0 Å². The number of anilines is 1. The van der Waals surface area contributed by atoms with Crippen molar-refractivity contribution in [1.29, 1.82) is 0 Å². The second-order valence-corrected chi connectivity index (χ2v) is 5.81. The van der Waals surface area contributed by atoms with E-state index in [0.717, 1.165) is 5.56 Å². The molecule has 0 saturated carbocycles. The Morgan fingerprint density at radius 1 is 1.28 bits per heavy atom. The maximum Gasteiger partial charge on any atom is 0.279 e. The van der Waals surface area contributed by atoms with Gasteiger partial charge in [-0.25, -0.2) is 4.98 Å². The van der Waals surface area contributed by atoms with Crippen molar-refractivity contribution in [1.82, 2.24) is 10.3 Å². The molecule has 0 radical (unpaired) electrons. The molecule has 128 valence electrons. The van der Waals surface area contributed by atoms with Crippen LogP contribution >= 0.6 is 0 Å². The lowest BCUT2D eigenvalue weighted by Crippen LogP contribution is -2.58. The summed E-state index contributed by atoms with van der Waals surface area (Å²) in [7, 11) is 0. The molecule has 3 heterocycles. The molecule has 0 aliphatic carbocycles. The summed E-state index contributed by atoms with van der Waals surface area (Å²) in [6.45, 7) is 1.83. The number of pyridine rings is 1. The van der Waals surface area contributed by atoms with Crippen LogP contribution in [0.4, 0.5) is 5.82 Å². The maximum absolute atomic E-state index is 12.6. The molecule has 0 spiro atoms. The third-order valence-electron chi connectivity index (χ3n) is 4.07. The van der Waals surface area contributed by atoms with Gasteiger partial charge in [-0.05, 0) is 36.8 Å². The Morgan fingerprint density at radius 2 is 2.12 bits per heavy atom. The minimum Gasteiger partial charge on any atom is -0.464 e. The zero-order valence-electron chi connectivity index (χ0n) is 13.4. The van der Waals surface area contributed by atoms with Crippen LogP contribution in [0.15, 0.2) is 36.5 Å². The number of ether oxygens (including phenoxy) is 3. The van der Waals surface area contributed by atoms with Crippen molar-refractivity contribution in [2.24, 2.45) is 0 Å². The van der Waals surface area contributed by atoms with Gasteiger partial charge in [0, 0.05) is 12.7 Å². The lowest BCUT2D eigenvalue weighted by molar-refractivity contribution is -0.146. The molecule has 2 aromatic rings. The van der Waals surface area contributed by atoms with E-state index < -0.39 is 17.4 Å². The highest BCUT2D eigenvalue weighted by atomic mass is 16.7. The molecule has 2 aliphatic rings. The van der Waals surface area contributed by atoms with E-state index in [9.17, 15) is 9.59 Å². The number of amides is 2. The van der Waals surface area contributed by atoms with Gasteiger partial charge in [-0.1, -0.05) is 6.07 Å². The first-order chi connectivity index (χ1) is 12.1. The van der Waals surface area contributed by atoms with Crippen molar-refractivity contribution in [3.63, 3.8) is 0 Å². The van der Waals surface area contributed by atoms with E-state index in [1.807, 2.05) is 6.07 Å². The van der Waals surface area contributed by atoms with Crippen LogP contribution in [0.2, 0.25) is 0 Å². The average Bonchev–Trinajstić information content (AvgIpc) is 3.08. The summed E-state index contributed by atoms with van der Waals surface area (Å²) in [6, 6.07) is 8.69. The van der Waals surface area contributed by atoms with Crippen LogP contribution in [-0.2, 0) is 16.1 Å². The van der Waals surface area contributed by atoms with Crippen molar-refractivity contribution >= 4 is 17.6 Å². The molecule has 8 nitrogen and oxygen atoms in total. The minimum absolute atomic E-state index is 0.185. The van der Waals surface area contributed by atoms with Crippen LogP contribution in [0.25, 0.3) is 0 Å². The predicted molar refractivity (Wildman–Crippen MR) is 86.3 cm³/mol. The van der Waals surface area contributed by atoms with E-state index in [1.165, 1.54) is 13.1 Å². The largest absolute Gasteiger partial charge is 0.464 e. The van der Waals surface area contributed by atoms with E-state index in [2.05, 4.69) is 15.6 Å². The molecule has 0 bridgehead atoms. The zero-order valence-corrected chi connectivity index (χ0v) is 13.4. The highest BCUT2D eigenvalue weighted by Crippen LogP contribution is 2.33. The molecule has 8 heteroatoms. The monoisotopic (exact) mass is 341 g/mol. The van der Waals surface area contributed by atoms with Crippen molar-refractivity contribution < 1.29 is 23.8 Å². The van der Waals surface area contributed by atoms with Gasteiger partial charge in [-0.3, -0.25) is 9.59 Å². The van der Waals surface area contributed by atoms with E-state index in [-0.39, 0.29) is 13.3 Å². The molecule has 1 atom stereocenters. The second kappa shape index (κ2) is 5.66. The summed E-state index contributed by atoms with van der Waals surface area (Å²) >= 11 is 0. The summed E-state index contributed by atoms with van der Waals surface area (Å²) < 4.78 is 16.2. The lowest BCUT2D eigenvalue weighted by atomic mass is 10.0. The van der Waals surface area contributed by atoms with Gasteiger partial charge < -0.3 is 24.8 Å². The Bertz CT molecular complexity index is 869. The van der Waals surface area contributed by atoms with Gasteiger partial charge in [0.2, 0.25) is 6.79 Å².